The van der Waals surface area contributed by atoms with Gasteiger partial charge in [0.2, 0.25) is 0 Å². The van der Waals surface area contributed by atoms with E-state index in [4.69, 9.17) is 0 Å². The lowest BCUT2D eigenvalue weighted by Gasteiger charge is -2.20. The Kier molecular flexibility index (Phi) is 5.83. The summed E-state index contributed by atoms with van der Waals surface area (Å²) >= 11 is 0. The molecule has 0 aromatic carbocycles. The van der Waals surface area contributed by atoms with Crippen LogP contribution < -0.4 is 5.56 Å². The van der Waals surface area contributed by atoms with Crippen molar-refractivity contribution in [1.82, 2.24) is 19.1 Å². The van der Waals surface area contributed by atoms with Crippen LogP contribution in [0.15, 0.2) is 28.0 Å². The second kappa shape index (κ2) is 7.74. The number of rotatable bonds is 4. The van der Waals surface area contributed by atoms with Gasteiger partial charge in [-0.3, -0.25) is 9.78 Å². The van der Waals surface area contributed by atoms with Gasteiger partial charge in [0.1, 0.15) is 16.9 Å². The molecule has 7 nitrogen and oxygen atoms in total. The SMILES string of the molecule is CCS(=O)(=O)c1cc(C(F)(F)C(F)(F)F)cnc1-c1nc2cc(C(F)(F)F)n(C)c(=O)c2n1C. The van der Waals surface area contributed by atoms with Crippen molar-refractivity contribution < 1.29 is 43.5 Å². The Morgan fingerprint density at radius 3 is 2.06 bits per heavy atom. The molecule has 0 fully saturated rings. The van der Waals surface area contributed by atoms with E-state index in [1.807, 2.05) is 0 Å². The van der Waals surface area contributed by atoms with Gasteiger partial charge in [0, 0.05) is 20.3 Å². The fourth-order valence-corrected chi connectivity index (χ4v) is 4.25. The van der Waals surface area contributed by atoms with Gasteiger partial charge in [0.15, 0.2) is 15.7 Å². The van der Waals surface area contributed by atoms with Crippen LogP contribution in [-0.4, -0.2) is 39.4 Å². The third-order valence-corrected chi connectivity index (χ3v) is 6.79. The monoisotopic (exact) mass is 518 g/mol. The van der Waals surface area contributed by atoms with Gasteiger partial charge in [0.05, 0.1) is 21.7 Å². The number of halogens is 8. The third-order valence-electron chi connectivity index (χ3n) is 5.05. The summed E-state index contributed by atoms with van der Waals surface area (Å²) in [5.41, 5.74) is -5.92. The fraction of sp³-hybridized carbons (Fsp3) is 0.389. The molecule has 0 aliphatic carbocycles. The average molecular weight is 518 g/mol. The predicted octanol–water partition coefficient (Wildman–Crippen LogP) is 3.80. The number of hydrogen-bond acceptors (Lipinski definition) is 5. The highest BCUT2D eigenvalue weighted by atomic mass is 32.2. The molecule has 3 aromatic heterocycles. The van der Waals surface area contributed by atoms with Crippen molar-refractivity contribution in [3.63, 3.8) is 0 Å². The van der Waals surface area contributed by atoms with Gasteiger partial charge < -0.3 is 9.13 Å². The minimum Gasteiger partial charge on any atom is -0.321 e. The Bertz CT molecular complexity index is 1450. The Balaban J connectivity index is 2.40. The molecular weight excluding hydrogens is 504 g/mol. The normalized spacial score (nSPS) is 13.6. The Morgan fingerprint density at radius 2 is 1.56 bits per heavy atom. The Morgan fingerprint density at radius 1 is 0.971 bits per heavy atom. The van der Waals surface area contributed by atoms with Gasteiger partial charge in [-0.25, -0.2) is 13.4 Å². The maximum atomic E-state index is 13.8. The van der Waals surface area contributed by atoms with Crippen LogP contribution in [0.3, 0.4) is 0 Å². The number of imidazole rings is 1. The van der Waals surface area contributed by atoms with Crippen molar-refractivity contribution in [3.05, 3.63) is 39.9 Å². The molecule has 0 saturated heterocycles. The van der Waals surface area contributed by atoms with Crippen molar-refractivity contribution in [2.75, 3.05) is 5.75 Å². The average Bonchev–Trinajstić information content (AvgIpc) is 3.05. The summed E-state index contributed by atoms with van der Waals surface area (Å²) in [7, 11) is -2.52. The van der Waals surface area contributed by atoms with Crippen LogP contribution in [0.5, 0.6) is 0 Å². The standard InChI is InChI=1S/C18H14F8N4O3S/c1-4-34(32,33)10-5-8(16(19,20)18(24,25)26)7-27-12(10)14-28-9-6-11(17(21,22)23)29(2)15(31)13(9)30(14)3/h5-7H,4H2,1-3H3. The quantitative estimate of drug-likeness (QED) is 0.491. The first kappa shape index (κ1) is 25.6. The molecule has 0 bridgehead atoms. The summed E-state index contributed by atoms with van der Waals surface area (Å²) in [6.07, 6.45) is -10.9. The lowest BCUT2D eigenvalue weighted by atomic mass is 10.1. The maximum absolute atomic E-state index is 13.8. The van der Waals surface area contributed by atoms with Crippen molar-refractivity contribution in [2.24, 2.45) is 14.1 Å². The molecule has 34 heavy (non-hydrogen) atoms. The molecule has 0 N–H and O–H groups in total. The topological polar surface area (TPSA) is 86.8 Å². The lowest BCUT2D eigenvalue weighted by molar-refractivity contribution is -0.289. The maximum Gasteiger partial charge on any atom is 0.458 e. The van der Waals surface area contributed by atoms with Crippen LogP contribution in [0.25, 0.3) is 22.6 Å². The molecule has 0 amide bonds. The molecule has 16 heteroatoms. The third kappa shape index (κ3) is 3.92. The minimum atomic E-state index is -6.05. The summed E-state index contributed by atoms with van der Waals surface area (Å²) in [5, 5.41) is 0. The highest BCUT2D eigenvalue weighted by molar-refractivity contribution is 7.91. The molecule has 0 aliphatic rings. The van der Waals surface area contributed by atoms with Gasteiger partial charge in [0.25, 0.3) is 5.56 Å². The van der Waals surface area contributed by atoms with E-state index in [1.54, 1.807) is 0 Å². The fourth-order valence-electron chi connectivity index (χ4n) is 3.19. The van der Waals surface area contributed by atoms with Crippen molar-refractivity contribution >= 4 is 20.9 Å². The molecular formula is C18H14F8N4O3S. The van der Waals surface area contributed by atoms with Crippen LogP contribution in [-0.2, 0) is 36.0 Å². The molecule has 3 rings (SSSR count). The van der Waals surface area contributed by atoms with E-state index >= 15 is 0 Å². The van der Waals surface area contributed by atoms with E-state index in [-0.39, 0.29) is 16.8 Å². The van der Waals surface area contributed by atoms with E-state index in [2.05, 4.69) is 9.97 Å². The van der Waals surface area contributed by atoms with Crippen molar-refractivity contribution in [3.8, 4) is 11.5 Å². The minimum absolute atomic E-state index is 0.0905. The molecule has 0 saturated carbocycles. The van der Waals surface area contributed by atoms with Crippen LogP contribution >= 0.6 is 0 Å². The molecule has 3 heterocycles. The molecule has 0 atom stereocenters. The molecule has 0 radical (unpaired) electrons. The zero-order valence-corrected chi connectivity index (χ0v) is 18.2. The number of aryl methyl sites for hydroxylation is 1. The number of aromatic nitrogens is 4. The zero-order valence-electron chi connectivity index (χ0n) is 17.4. The summed E-state index contributed by atoms with van der Waals surface area (Å²) in [6, 6.07) is 0.605. The van der Waals surface area contributed by atoms with Gasteiger partial charge in [-0.05, 0) is 12.1 Å². The molecule has 186 valence electrons. The molecule has 0 aliphatic heterocycles. The number of hydrogen-bond donors (Lipinski definition) is 0. The first-order valence-electron chi connectivity index (χ1n) is 9.16. The van der Waals surface area contributed by atoms with Gasteiger partial charge in [-0.1, -0.05) is 6.92 Å². The van der Waals surface area contributed by atoms with Gasteiger partial charge >= 0.3 is 18.3 Å². The molecule has 0 spiro atoms. The van der Waals surface area contributed by atoms with E-state index in [9.17, 15) is 48.3 Å². The number of fused-ring (bicyclic) bond motifs is 1. The highest BCUT2D eigenvalue weighted by Crippen LogP contribution is 2.45. The van der Waals surface area contributed by atoms with Gasteiger partial charge in [-0.2, -0.15) is 35.1 Å². The molecule has 0 unspecified atom stereocenters. The number of sulfone groups is 1. The summed E-state index contributed by atoms with van der Waals surface area (Å²) in [4.78, 5) is 18.8. The first-order chi connectivity index (χ1) is 15.3. The van der Waals surface area contributed by atoms with Crippen molar-refractivity contribution in [2.45, 2.75) is 30.1 Å². The summed E-state index contributed by atoms with van der Waals surface area (Å²) in [6.45, 7) is 1.09. The van der Waals surface area contributed by atoms with E-state index in [1.165, 1.54) is 0 Å². The van der Waals surface area contributed by atoms with E-state index in [0.29, 0.717) is 6.07 Å². The lowest BCUT2D eigenvalue weighted by Crippen LogP contribution is -2.34. The molecule has 3 aromatic rings. The Hall–Kier alpha value is -3.04. The van der Waals surface area contributed by atoms with E-state index in [0.717, 1.165) is 25.6 Å². The highest BCUT2D eigenvalue weighted by Gasteiger charge is 2.59. The first-order valence-corrected chi connectivity index (χ1v) is 10.8. The van der Waals surface area contributed by atoms with Crippen LogP contribution in [0.2, 0.25) is 0 Å². The van der Waals surface area contributed by atoms with E-state index < -0.39 is 78.1 Å². The second-order valence-corrected chi connectivity index (χ2v) is 9.41. The summed E-state index contributed by atoms with van der Waals surface area (Å²) < 4.78 is 132. The largest absolute Gasteiger partial charge is 0.458 e. The number of pyridine rings is 2. The van der Waals surface area contributed by atoms with Gasteiger partial charge in [-0.15, -0.1) is 0 Å². The van der Waals surface area contributed by atoms with Crippen LogP contribution in [0.4, 0.5) is 35.1 Å². The smallest absolute Gasteiger partial charge is 0.321 e. The second-order valence-electron chi connectivity index (χ2n) is 7.17. The van der Waals surface area contributed by atoms with Crippen LogP contribution in [0, 0.1) is 0 Å². The zero-order chi connectivity index (χ0) is 26.0. The Labute approximate surface area is 185 Å². The number of alkyl halides is 8. The predicted molar refractivity (Wildman–Crippen MR) is 102 cm³/mol. The van der Waals surface area contributed by atoms with Crippen molar-refractivity contribution in [1.29, 1.82) is 0 Å². The summed E-state index contributed by atoms with van der Waals surface area (Å²) in [5.74, 6) is -6.70. The number of nitrogens with zero attached hydrogens (tertiary/aromatic N) is 4. The van der Waals surface area contributed by atoms with Crippen LogP contribution in [0.1, 0.15) is 18.2 Å².